The molecule has 1 amide bonds. The summed E-state index contributed by atoms with van der Waals surface area (Å²) in [5.41, 5.74) is 6.89. The molecule has 0 fully saturated rings. The summed E-state index contributed by atoms with van der Waals surface area (Å²) in [6, 6.07) is 17.2. The molecule has 2 aromatic carbocycles. The first-order valence-electron chi connectivity index (χ1n) is 9.94. The largest absolute Gasteiger partial charge is 0.450 e. The number of amides is 1. The summed E-state index contributed by atoms with van der Waals surface area (Å²) in [5.74, 6) is 0.404. The van der Waals surface area contributed by atoms with Gasteiger partial charge in [-0.25, -0.2) is 9.78 Å². The van der Waals surface area contributed by atoms with Crippen molar-refractivity contribution in [3.8, 4) is 0 Å². The van der Waals surface area contributed by atoms with Gasteiger partial charge in [0.1, 0.15) is 11.6 Å². The lowest BCUT2D eigenvalue weighted by molar-refractivity contribution is -0.137. The molecule has 3 rings (SSSR count). The minimum absolute atomic E-state index is 0.0468. The van der Waals surface area contributed by atoms with E-state index in [4.69, 9.17) is 10.5 Å². The van der Waals surface area contributed by atoms with Crippen molar-refractivity contribution in [3.63, 3.8) is 0 Å². The number of anilines is 3. The number of rotatable bonds is 7. The van der Waals surface area contributed by atoms with Gasteiger partial charge in [0.05, 0.1) is 23.9 Å². The number of ether oxygens (including phenoxy) is 1. The second kappa shape index (κ2) is 10.0. The maximum Gasteiger partial charge on any atom is 0.416 e. The number of aromatic nitrogens is 1. The number of hydrogen-bond donors (Lipinski definition) is 3. The van der Waals surface area contributed by atoms with E-state index in [-0.39, 0.29) is 18.1 Å². The highest BCUT2D eigenvalue weighted by atomic mass is 19.4. The smallest absolute Gasteiger partial charge is 0.416 e. The summed E-state index contributed by atoms with van der Waals surface area (Å²) in [4.78, 5) is 15.8. The van der Waals surface area contributed by atoms with Gasteiger partial charge >= 0.3 is 12.3 Å². The molecule has 0 aliphatic rings. The van der Waals surface area contributed by atoms with Gasteiger partial charge < -0.3 is 15.8 Å². The van der Waals surface area contributed by atoms with Crippen LogP contribution < -0.4 is 16.4 Å². The number of carbonyl (C=O) groups excluding carboxylic acids is 1. The normalized spacial score (nSPS) is 12.1. The van der Waals surface area contributed by atoms with E-state index < -0.39 is 23.9 Å². The van der Waals surface area contributed by atoms with Gasteiger partial charge in [0.2, 0.25) is 0 Å². The molecule has 3 aromatic rings. The van der Waals surface area contributed by atoms with Crippen LogP contribution in [0.2, 0.25) is 0 Å². The highest BCUT2D eigenvalue weighted by Gasteiger charge is 2.31. The van der Waals surface area contributed by atoms with Gasteiger partial charge in [0.25, 0.3) is 0 Å². The minimum Gasteiger partial charge on any atom is -0.450 e. The Morgan fingerprint density at radius 1 is 1.09 bits per heavy atom. The molecule has 1 atom stereocenters. The number of carbonyl (C=O) groups is 1. The molecule has 0 aliphatic heterocycles. The Hall–Kier alpha value is -3.75. The number of halogens is 3. The third kappa shape index (κ3) is 6.13. The molecule has 0 radical (unpaired) electrons. The monoisotopic (exact) mass is 444 g/mol. The van der Waals surface area contributed by atoms with Crippen LogP contribution in [0.25, 0.3) is 0 Å². The van der Waals surface area contributed by atoms with Gasteiger partial charge in [-0.15, -0.1) is 0 Å². The SMILES string of the molecule is CCOC(=O)Nc1ccc(NC(Cc2ccccc2)c2cccc(C(F)(F)F)c2)nc1N. The van der Waals surface area contributed by atoms with Gasteiger partial charge in [0.15, 0.2) is 0 Å². The minimum atomic E-state index is -4.45. The topological polar surface area (TPSA) is 89.3 Å². The summed E-state index contributed by atoms with van der Waals surface area (Å²) >= 11 is 0. The van der Waals surface area contributed by atoms with Crippen molar-refractivity contribution in [2.75, 3.05) is 23.0 Å². The van der Waals surface area contributed by atoms with E-state index in [2.05, 4.69) is 15.6 Å². The van der Waals surface area contributed by atoms with E-state index in [0.717, 1.165) is 17.7 Å². The van der Waals surface area contributed by atoms with Crippen LogP contribution in [0, 0.1) is 0 Å². The van der Waals surface area contributed by atoms with Gasteiger partial charge in [-0.1, -0.05) is 42.5 Å². The number of nitrogens with zero attached hydrogens (tertiary/aromatic N) is 1. The lowest BCUT2D eigenvalue weighted by atomic mass is 9.97. The number of alkyl halides is 3. The van der Waals surface area contributed by atoms with Crippen molar-refractivity contribution in [1.29, 1.82) is 0 Å². The van der Waals surface area contributed by atoms with Crippen LogP contribution in [0.4, 0.5) is 35.3 Å². The average molecular weight is 444 g/mol. The molecule has 1 aromatic heterocycles. The van der Waals surface area contributed by atoms with E-state index in [1.165, 1.54) is 6.07 Å². The van der Waals surface area contributed by atoms with E-state index in [0.29, 0.717) is 17.8 Å². The van der Waals surface area contributed by atoms with Crippen LogP contribution in [0.15, 0.2) is 66.7 Å². The lowest BCUT2D eigenvalue weighted by Crippen LogP contribution is -2.18. The van der Waals surface area contributed by atoms with Gasteiger partial charge in [-0.05, 0) is 48.7 Å². The summed E-state index contributed by atoms with van der Waals surface area (Å²) in [6.45, 7) is 1.88. The molecule has 0 bridgehead atoms. The van der Waals surface area contributed by atoms with E-state index >= 15 is 0 Å². The van der Waals surface area contributed by atoms with Crippen molar-refractivity contribution in [1.82, 2.24) is 4.98 Å². The Morgan fingerprint density at radius 3 is 2.50 bits per heavy atom. The number of nitrogens with one attached hydrogen (secondary N) is 2. The van der Waals surface area contributed by atoms with E-state index in [1.807, 2.05) is 30.3 Å². The van der Waals surface area contributed by atoms with Gasteiger partial charge in [-0.2, -0.15) is 13.2 Å². The van der Waals surface area contributed by atoms with Gasteiger partial charge in [0, 0.05) is 0 Å². The second-order valence-corrected chi connectivity index (χ2v) is 6.98. The maximum atomic E-state index is 13.2. The summed E-state index contributed by atoms with van der Waals surface area (Å²) < 4.78 is 44.6. The molecule has 0 spiro atoms. The number of nitrogens with two attached hydrogens (primary N) is 1. The quantitative estimate of drug-likeness (QED) is 0.438. The van der Waals surface area contributed by atoms with Crippen LogP contribution >= 0.6 is 0 Å². The van der Waals surface area contributed by atoms with E-state index in [1.54, 1.807) is 25.1 Å². The molecular formula is C23H23F3N4O2. The molecule has 32 heavy (non-hydrogen) atoms. The third-order valence-electron chi connectivity index (χ3n) is 4.66. The predicted molar refractivity (Wildman–Crippen MR) is 117 cm³/mol. The number of benzene rings is 2. The molecule has 9 heteroatoms. The highest BCUT2D eigenvalue weighted by Crippen LogP contribution is 2.32. The fourth-order valence-corrected chi connectivity index (χ4v) is 3.15. The van der Waals surface area contributed by atoms with Crippen LogP contribution in [-0.4, -0.2) is 17.7 Å². The zero-order valence-electron chi connectivity index (χ0n) is 17.3. The molecular weight excluding hydrogens is 421 g/mol. The standard InChI is InChI=1S/C23H23F3N4O2/c1-2-32-22(31)29-18-11-12-20(30-21(18)27)28-19(13-15-7-4-3-5-8-15)16-9-6-10-17(14-16)23(24,25)26/h3-12,14,19H,2,13H2,1H3,(H,29,31)(H3,27,28,30). The zero-order valence-corrected chi connectivity index (χ0v) is 17.3. The predicted octanol–water partition coefficient (Wildman–Crippen LogP) is 5.65. The second-order valence-electron chi connectivity index (χ2n) is 6.98. The van der Waals surface area contributed by atoms with E-state index in [9.17, 15) is 18.0 Å². The molecule has 1 unspecified atom stereocenters. The molecule has 1 heterocycles. The Labute approximate surface area is 183 Å². The first-order chi connectivity index (χ1) is 15.3. The van der Waals surface area contributed by atoms with Crippen LogP contribution in [-0.2, 0) is 17.3 Å². The fourth-order valence-electron chi connectivity index (χ4n) is 3.15. The molecule has 0 aliphatic carbocycles. The number of nitrogen functional groups attached to an aromatic ring is 1. The summed E-state index contributed by atoms with van der Waals surface area (Å²) in [5, 5.41) is 5.65. The van der Waals surface area contributed by atoms with Crippen LogP contribution in [0.5, 0.6) is 0 Å². The lowest BCUT2D eigenvalue weighted by Gasteiger charge is -2.22. The first kappa shape index (κ1) is 22.9. The molecule has 6 nitrogen and oxygen atoms in total. The molecule has 0 saturated heterocycles. The van der Waals surface area contributed by atoms with Crippen molar-refractivity contribution < 1.29 is 22.7 Å². The van der Waals surface area contributed by atoms with Crippen LogP contribution in [0.1, 0.15) is 29.7 Å². The Morgan fingerprint density at radius 2 is 1.84 bits per heavy atom. The molecule has 168 valence electrons. The van der Waals surface area contributed by atoms with Crippen molar-refractivity contribution in [2.45, 2.75) is 25.6 Å². The zero-order chi connectivity index (χ0) is 23.1. The highest BCUT2D eigenvalue weighted by molar-refractivity contribution is 5.88. The van der Waals surface area contributed by atoms with Crippen molar-refractivity contribution in [3.05, 3.63) is 83.4 Å². The Bertz CT molecular complexity index is 1060. The molecule has 0 saturated carbocycles. The number of hydrogen-bond acceptors (Lipinski definition) is 5. The summed E-state index contributed by atoms with van der Waals surface area (Å²) in [7, 11) is 0. The Balaban J connectivity index is 1.88. The number of pyridine rings is 1. The third-order valence-corrected chi connectivity index (χ3v) is 4.66. The van der Waals surface area contributed by atoms with Crippen LogP contribution in [0.3, 0.4) is 0 Å². The van der Waals surface area contributed by atoms with Crippen molar-refractivity contribution >= 4 is 23.4 Å². The van der Waals surface area contributed by atoms with Crippen molar-refractivity contribution in [2.24, 2.45) is 0 Å². The average Bonchev–Trinajstić information content (AvgIpc) is 2.76. The van der Waals surface area contributed by atoms with Gasteiger partial charge in [-0.3, -0.25) is 5.32 Å². The first-order valence-corrected chi connectivity index (χ1v) is 9.94. The Kier molecular flexibility index (Phi) is 7.19. The fraction of sp³-hybridized carbons (Fsp3) is 0.217. The summed E-state index contributed by atoms with van der Waals surface area (Å²) in [6.07, 6.45) is -4.68. The molecule has 4 N–H and O–H groups in total. The maximum absolute atomic E-state index is 13.2.